The highest BCUT2D eigenvalue weighted by atomic mass is 19.1. The SMILES string of the molecule is NC(=Nc1ccn[nH]1)N1CCC[C@@H]1c1cc(F)ccc1F. The Morgan fingerprint density at radius 1 is 1.38 bits per heavy atom. The van der Waals surface area contributed by atoms with Gasteiger partial charge in [-0.05, 0) is 31.0 Å². The van der Waals surface area contributed by atoms with Crippen LogP contribution >= 0.6 is 0 Å². The molecule has 2 heterocycles. The number of aromatic amines is 1. The zero-order valence-corrected chi connectivity index (χ0v) is 11.3. The molecule has 0 saturated carbocycles. The molecule has 5 nitrogen and oxygen atoms in total. The Bertz CT molecular complexity index is 653. The van der Waals surface area contributed by atoms with E-state index in [1.807, 2.05) is 0 Å². The predicted octanol–water partition coefficient (Wildman–Crippen LogP) is 2.47. The van der Waals surface area contributed by atoms with Crippen LogP contribution in [-0.2, 0) is 0 Å². The van der Waals surface area contributed by atoms with Crippen molar-refractivity contribution in [3.63, 3.8) is 0 Å². The first-order chi connectivity index (χ1) is 10.1. The van der Waals surface area contributed by atoms with E-state index in [2.05, 4.69) is 15.2 Å². The summed E-state index contributed by atoms with van der Waals surface area (Å²) >= 11 is 0. The summed E-state index contributed by atoms with van der Waals surface area (Å²) in [5.41, 5.74) is 6.31. The molecule has 1 aliphatic heterocycles. The highest BCUT2D eigenvalue weighted by molar-refractivity contribution is 5.81. The number of H-pyrrole nitrogens is 1. The summed E-state index contributed by atoms with van der Waals surface area (Å²) in [6.45, 7) is 0.657. The van der Waals surface area contributed by atoms with Crippen LogP contribution in [-0.4, -0.2) is 27.6 Å². The smallest absolute Gasteiger partial charge is 0.198 e. The van der Waals surface area contributed by atoms with Crippen molar-refractivity contribution in [1.29, 1.82) is 0 Å². The molecule has 1 fully saturated rings. The zero-order chi connectivity index (χ0) is 14.8. The lowest BCUT2D eigenvalue weighted by molar-refractivity contribution is 0.381. The summed E-state index contributed by atoms with van der Waals surface area (Å²) in [5, 5.41) is 6.48. The molecule has 0 unspecified atom stereocenters. The van der Waals surface area contributed by atoms with E-state index in [4.69, 9.17) is 5.73 Å². The predicted molar refractivity (Wildman–Crippen MR) is 74.9 cm³/mol. The Hall–Kier alpha value is -2.44. The van der Waals surface area contributed by atoms with Crippen LogP contribution in [0.3, 0.4) is 0 Å². The Balaban J connectivity index is 1.90. The highest BCUT2D eigenvalue weighted by Gasteiger charge is 2.30. The van der Waals surface area contributed by atoms with Crippen LogP contribution in [0, 0.1) is 11.6 Å². The summed E-state index contributed by atoms with van der Waals surface area (Å²) in [6.07, 6.45) is 3.12. The standard InChI is InChI=1S/C14H15F2N5/c15-9-3-4-11(16)10(8-9)12-2-1-7-21(12)14(17)19-13-5-6-18-20-13/h3-6,8,12H,1-2,7H2,(H3,17,18,19,20)/t12-/m1/s1. The van der Waals surface area contributed by atoms with Gasteiger partial charge in [0.25, 0.3) is 0 Å². The molecule has 1 saturated heterocycles. The minimum absolute atomic E-state index is 0.269. The maximum Gasteiger partial charge on any atom is 0.198 e. The quantitative estimate of drug-likeness (QED) is 0.659. The molecule has 0 radical (unpaired) electrons. The van der Waals surface area contributed by atoms with Gasteiger partial charge in [0.2, 0.25) is 0 Å². The van der Waals surface area contributed by atoms with Gasteiger partial charge in [-0.2, -0.15) is 10.1 Å². The van der Waals surface area contributed by atoms with E-state index in [1.54, 1.807) is 17.2 Å². The van der Waals surface area contributed by atoms with Crippen LogP contribution in [0.5, 0.6) is 0 Å². The molecule has 3 N–H and O–H groups in total. The van der Waals surface area contributed by atoms with E-state index in [0.29, 0.717) is 24.3 Å². The van der Waals surface area contributed by atoms with Gasteiger partial charge in [0.15, 0.2) is 11.8 Å². The van der Waals surface area contributed by atoms with E-state index in [0.717, 1.165) is 18.6 Å². The first-order valence-electron chi connectivity index (χ1n) is 6.70. The first kappa shape index (κ1) is 13.5. The van der Waals surface area contributed by atoms with Crippen LogP contribution in [0.4, 0.5) is 14.6 Å². The molecular formula is C14H15F2N5. The molecule has 7 heteroatoms. The van der Waals surface area contributed by atoms with Crippen molar-refractivity contribution < 1.29 is 8.78 Å². The Morgan fingerprint density at radius 2 is 2.24 bits per heavy atom. The van der Waals surface area contributed by atoms with Gasteiger partial charge < -0.3 is 10.6 Å². The van der Waals surface area contributed by atoms with Crippen LogP contribution in [0.1, 0.15) is 24.4 Å². The number of halogens is 2. The van der Waals surface area contributed by atoms with E-state index in [1.165, 1.54) is 6.07 Å². The van der Waals surface area contributed by atoms with Gasteiger partial charge in [0.1, 0.15) is 11.6 Å². The van der Waals surface area contributed by atoms with Crippen LogP contribution in [0.25, 0.3) is 0 Å². The highest BCUT2D eigenvalue weighted by Crippen LogP contribution is 2.33. The molecule has 0 amide bonds. The monoisotopic (exact) mass is 291 g/mol. The van der Waals surface area contributed by atoms with Crippen molar-refractivity contribution in [2.75, 3.05) is 6.54 Å². The summed E-state index contributed by atoms with van der Waals surface area (Å²) in [5.74, 6) is -0.0896. The number of nitrogens with zero attached hydrogens (tertiary/aromatic N) is 3. The lowest BCUT2D eigenvalue weighted by atomic mass is 10.0. The zero-order valence-electron chi connectivity index (χ0n) is 11.3. The van der Waals surface area contributed by atoms with Gasteiger partial charge in [-0.1, -0.05) is 0 Å². The number of likely N-dealkylation sites (tertiary alicyclic amines) is 1. The maximum atomic E-state index is 13.9. The lowest BCUT2D eigenvalue weighted by Crippen LogP contribution is -2.37. The van der Waals surface area contributed by atoms with Gasteiger partial charge in [-0.25, -0.2) is 8.78 Å². The number of nitrogens with one attached hydrogen (secondary N) is 1. The average molecular weight is 291 g/mol. The van der Waals surface area contributed by atoms with Crippen LogP contribution < -0.4 is 5.73 Å². The summed E-state index contributed by atoms with van der Waals surface area (Å²) in [7, 11) is 0. The van der Waals surface area contributed by atoms with Crippen molar-refractivity contribution in [3.8, 4) is 0 Å². The normalized spacial score (nSPS) is 19.2. The second-order valence-corrected chi connectivity index (χ2v) is 4.93. The second-order valence-electron chi connectivity index (χ2n) is 4.93. The topological polar surface area (TPSA) is 70.3 Å². The number of rotatable bonds is 2. The summed E-state index contributed by atoms with van der Waals surface area (Å²) < 4.78 is 27.3. The first-order valence-corrected chi connectivity index (χ1v) is 6.70. The van der Waals surface area contributed by atoms with Gasteiger partial charge >= 0.3 is 0 Å². The average Bonchev–Trinajstić information content (AvgIpc) is 3.12. The van der Waals surface area contributed by atoms with Crippen molar-refractivity contribution in [1.82, 2.24) is 15.1 Å². The van der Waals surface area contributed by atoms with Crippen LogP contribution in [0.2, 0.25) is 0 Å². The van der Waals surface area contributed by atoms with Crippen molar-refractivity contribution in [3.05, 3.63) is 47.7 Å². The van der Waals surface area contributed by atoms with Gasteiger partial charge in [0, 0.05) is 18.2 Å². The van der Waals surface area contributed by atoms with E-state index < -0.39 is 11.6 Å². The van der Waals surface area contributed by atoms with Gasteiger partial charge in [-0.3, -0.25) is 5.10 Å². The van der Waals surface area contributed by atoms with E-state index >= 15 is 0 Å². The molecule has 0 aliphatic carbocycles. The molecule has 2 aromatic rings. The minimum atomic E-state index is -0.456. The molecule has 3 rings (SSSR count). The Morgan fingerprint density at radius 3 is 3.00 bits per heavy atom. The molecule has 1 aromatic carbocycles. The second kappa shape index (κ2) is 5.51. The number of aromatic nitrogens is 2. The number of benzene rings is 1. The maximum absolute atomic E-state index is 13.9. The molecule has 1 atom stereocenters. The van der Waals surface area contributed by atoms with E-state index in [9.17, 15) is 8.78 Å². The molecule has 1 aromatic heterocycles. The number of nitrogens with two attached hydrogens (primary N) is 1. The largest absolute Gasteiger partial charge is 0.369 e. The Kier molecular flexibility index (Phi) is 3.55. The van der Waals surface area contributed by atoms with Gasteiger partial charge in [-0.15, -0.1) is 0 Å². The molecule has 1 aliphatic rings. The van der Waals surface area contributed by atoms with E-state index in [-0.39, 0.29) is 12.0 Å². The number of hydrogen-bond acceptors (Lipinski definition) is 2. The third-order valence-corrected chi connectivity index (χ3v) is 3.59. The third-order valence-electron chi connectivity index (χ3n) is 3.59. The Labute approximate surface area is 120 Å². The molecular weight excluding hydrogens is 276 g/mol. The molecule has 110 valence electrons. The number of aliphatic imine (C=N–C) groups is 1. The fraction of sp³-hybridized carbons (Fsp3) is 0.286. The van der Waals surface area contributed by atoms with Gasteiger partial charge in [0.05, 0.1) is 12.2 Å². The number of guanidine groups is 1. The third kappa shape index (κ3) is 2.72. The molecule has 0 spiro atoms. The fourth-order valence-corrected chi connectivity index (χ4v) is 2.63. The summed E-state index contributed by atoms with van der Waals surface area (Å²) in [6, 6.07) is 4.86. The van der Waals surface area contributed by atoms with Crippen LogP contribution in [0.15, 0.2) is 35.5 Å². The number of hydrogen-bond donors (Lipinski definition) is 2. The van der Waals surface area contributed by atoms with Crippen molar-refractivity contribution in [2.24, 2.45) is 10.7 Å². The lowest BCUT2D eigenvalue weighted by Gasteiger charge is -2.26. The minimum Gasteiger partial charge on any atom is -0.369 e. The molecule has 0 bridgehead atoms. The molecule has 21 heavy (non-hydrogen) atoms. The van der Waals surface area contributed by atoms with Crippen molar-refractivity contribution >= 4 is 11.8 Å². The summed E-state index contributed by atoms with van der Waals surface area (Å²) in [4.78, 5) is 6.01. The fourth-order valence-electron chi connectivity index (χ4n) is 2.63. The van der Waals surface area contributed by atoms with Crippen molar-refractivity contribution in [2.45, 2.75) is 18.9 Å².